The van der Waals surface area contributed by atoms with E-state index in [-0.39, 0.29) is 0 Å². The summed E-state index contributed by atoms with van der Waals surface area (Å²) in [6.45, 7) is 6.26. The van der Waals surface area contributed by atoms with Crippen LogP contribution in [0.4, 0.5) is 0 Å². The quantitative estimate of drug-likeness (QED) is 0.624. The van der Waals surface area contributed by atoms with Crippen LogP contribution in [0.25, 0.3) is 21.7 Å². The van der Waals surface area contributed by atoms with Gasteiger partial charge in [-0.05, 0) is 55.0 Å². The molecule has 0 saturated heterocycles. The number of rotatable bonds is 1. The molecular weight excluding hydrogens is 224 g/mol. The van der Waals surface area contributed by atoms with E-state index in [1.807, 2.05) is 6.26 Å². The fourth-order valence-corrected chi connectivity index (χ4v) is 2.70. The number of methoxy groups -OCH3 is 1. The average Bonchev–Trinajstić information content (AvgIpc) is 2.69. The first-order valence-corrected chi connectivity index (χ1v) is 6.07. The Morgan fingerprint density at radius 2 is 1.72 bits per heavy atom. The summed E-state index contributed by atoms with van der Waals surface area (Å²) in [7, 11) is 1.72. The highest BCUT2D eigenvalue weighted by molar-refractivity contribution is 6.11. The van der Waals surface area contributed by atoms with Crippen LogP contribution in [0.3, 0.4) is 0 Å². The van der Waals surface area contributed by atoms with Crippen LogP contribution >= 0.6 is 0 Å². The fourth-order valence-electron chi connectivity index (χ4n) is 2.70. The van der Waals surface area contributed by atoms with Gasteiger partial charge in [-0.15, -0.1) is 0 Å². The minimum Gasteiger partial charge on any atom is -0.496 e. The summed E-state index contributed by atoms with van der Waals surface area (Å²) in [5.74, 6) is 0.935. The molecule has 0 bridgehead atoms. The Balaban J connectivity index is 2.63. The van der Waals surface area contributed by atoms with Crippen LogP contribution in [0.1, 0.15) is 16.7 Å². The van der Waals surface area contributed by atoms with Gasteiger partial charge in [-0.3, -0.25) is 0 Å². The number of hydrogen-bond acceptors (Lipinski definition) is 2. The molecule has 0 N–H and O–H groups in total. The molecule has 1 aromatic heterocycles. The molecule has 0 fully saturated rings. The van der Waals surface area contributed by atoms with Crippen LogP contribution in [0.15, 0.2) is 28.9 Å². The van der Waals surface area contributed by atoms with Crippen molar-refractivity contribution in [3.05, 3.63) is 41.2 Å². The van der Waals surface area contributed by atoms with Gasteiger partial charge in [-0.2, -0.15) is 0 Å². The SMILES string of the molecule is COc1cc(C)cc2c1c(C)cc1occ(C)c12. The molecule has 2 heteroatoms. The van der Waals surface area contributed by atoms with E-state index >= 15 is 0 Å². The van der Waals surface area contributed by atoms with Crippen molar-refractivity contribution in [1.29, 1.82) is 0 Å². The van der Waals surface area contributed by atoms with Crippen molar-refractivity contribution in [1.82, 2.24) is 0 Å². The third-order valence-corrected chi connectivity index (χ3v) is 3.48. The van der Waals surface area contributed by atoms with Gasteiger partial charge in [0, 0.05) is 10.8 Å². The monoisotopic (exact) mass is 240 g/mol. The highest BCUT2D eigenvalue weighted by Gasteiger charge is 2.13. The van der Waals surface area contributed by atoms with E-state index in [1.54, 1.807) is 7.11 Å². The molecular formula is C16H16O2. The predicted molar refractivity (Wildman–Crippen MR) is 74.5 cm³/mol. The second-order valence-electron chi connectivity index (χ2n) is 4.88. The first kappa shape index (κ1) is 11.1. The third-order valence-electron chi connectivity index (χ3n) is 3.48. The normalized spacial score (nSPS) is 11.3. The summed E-state index contributed by atoms with van der Waals surface area (Å²) in [4.78, 5) is 0. The zero-order valence-electron chi connectivity index (χ0n) is 11.1. The summed E-state index contributed by atoms with van der Waals surface area (Å²) in [6.07, 6.45) is 1.82. The van der Waals surface area contributed by atoms with Crippen molar-refractivity contribution in [3.8, 4) is 5.75 Å². The standard InChI is InChI=1S/C16H16O2/c1-9-5-12-15(13(6-9)17-4)10(2)7-14-16(12)11(3)8-18-14/h5-8H,1-4H3. The molecule has 2 nitrogen and oxygen atoms in total. The lowest BCUT2D eigenvalue weighted by Crippen LogP contribution is -1.90. The van der Waals surface area contributed by atoms with Gasteiger partial charge in [0.05, 0.1) is 13.4 Å². The molecule has 0 atom stereocenters. The summed E-state index contributed by atoms with van der Waals surface area (Å²) in [6, 6.07) is 6.37. The third kappa shape index (κ3) is 1.42. The van der Waals surface area contributed by atoms with Crippen LogP contribution < -0.4 is 4.74 Å². The molecule has 3 aromatic rings. The van der Waals surface area contributed by atoms with E-state index in [2.05, 4.69) is 39.0 Å². The minimum absolute atomic E-state index is 0.935. The van der Waals surface area contributed by atoms with Gasteiger partial charge in [-0.1, -0.05) is 6.07 Å². The molecule has 18 heavy (non-hydrogen) atoms. The van der Waals surface area contributed by atoms with Gasteiger partial charge in [0.2, 0.25) is 0 Å². The molecule has 3 rings (SSSR count). The molecule has 1 heterocycles. The number of aryl methyl sites for hydroxylation is 3. The lowest BCUT2D eigenvalue weighted by molar-refractivity contribution is 0.419. The molecule has 0 amide bonds. The van der Waals surface area contributed by atoms with E-state index in [0.717, 1.165) is 11.3 Å². The van der Waals surface area contributed by atoms with Gasteiger partial charge >= 0.3 is 0 Å². The van der Waals surface area contributed by atoms with Crippen LogP contribution in [-0.4, -0.2) is 7.11 Å². The van der Waals surface area contributed by atoms with Gasteiger partial charge in [0.25, 0.3) is 0 Å². The van der Waals surface area contributed by atoms with Crippen molar-refractivity contribution in [2.24, 2.45) is 0 Å². The van der Waals surface area contributed by atoms with Gasteiger partial charge in [-0.25, -0.2) is 0 Å². The molecule has 0 aliphatic rings. The smallest absolute Gasteiger partial charge is 0.135 e. The molecule has 0 radical (unpaired) electrons. The molecule has 0 unspecified atom stereocenters. The maximum Gasteiger partial charge on any atom is 0.135 e. The number of furan rings is 1. The van der Waals surface area contributed by atoms with Gasteiger partial charge in [0.1, 0.15) is 11.3 Å². The van der Waals surface area contributed by atoms with Crippen LogP contribution in [-0.2, 0) is 0 Å². The minimum atomic E-state index is 0.935. The lowest BCUT2D eigenvalue weighted by Gasteiger charge is -2.11. The van der Waals surface area contributed by atoms with Crippen LogP contribution in [0, 0.1) is 20.8 Å². The molecule has 0 spiro atoms. The Hall–Kier alpha value is -1.96. The van der Waals surface area contributed by atoms with E-state index < -0.39 is 0 Å². The summed E-state index contributed by atoms with van der Waals surface area (Å²) in [5.41, 5.74) is 4.50. The Kier molecular flexibility index (Phi) is 2.34. The Morgan fingerprint density at radius 3 is 2.44 bits per heavy atom. The van der Waals surface area contributed by atoms with Crippen molar-refractivity contribution < 1.29 is 9.15 Å². The van der Waals surface area contributed by atoms with Gasteiger partial charge < -0.3 is 9.15 Å². The summed E-state index contributed by atoms with van der Waals surface area (Å²) < 4.78 is 11.1. The predicted octanol–water partition coefficient (Wildman–Crippen LogP) is 4.52. The van der Waals surface area contributed by atoms with Crippen LogP contribution in [0.5, 0.6) is 5.75 Å². The number of benzene rings is 2. The fraction of sp³-hybridized carbons (Fsp3) is 0.250. The van der Waals surface area contributed by atoms with Crippen molar-refractivity contribution in [3.63, 3.8) is 0 Å². The molecule has 0 aliphatic heterocycles. The molecule has 92 valence electrons. The highest BCUT2D eigenvalue weighted by atomic mass is 16.5. The van der Waals surface area contributed by atoms with Gasteiger partial charge in [0.15, 0.2) is 0 Å². The number of fused-ring (bicyclic) bond motifs is 3. The number of hydrogen-bond donors (Lipinski definition) is 0. The van der Waals surface area contributed by atoms with Crippen LogP contribution in [0.2, 0.25) is 0 Å². The van der Waals surface area contributed by atoms with E-state index in [4.69, 9.17) is 9.15 Å². The maximum atomic E-state index is 5.61. The van der Waals surface area contributed by atoms with E-state index in [0.29, 0.717) is 0 Å². The Morgan fingerprint density at radius 1 is 0.944 bits per heavy atom. The second kappa shape index (κ2) is 3.77. The number of ether oxygens (including phenoxy) is 1. The van der Waals surface area contributed by atoms with Crippen molar-refractivity contribution in [2.75, 3.05) is 7.11 Å². The first-order chi connectivity index (χ1) is 8.61. The zero-order valence-corrected chi connectivity index (χ0v) is 11.1. The Bertz CT molecular complexity index is 751. The average molecular weight is 240 g/mol. The molecule has 2 aromatic carbocycles. The first-order valence-electron chi connectivity index (χ1n) is 6.07. The molecule has 0 saturated carbocycles. The van der Waals surface area contributed by atoms with E-state index in [1.165, 1.54) is 32.8 Å². The van der Waals surface area contributed by atoms with Crippen molar-refractivity contribution in [2.45, 2.75) is 20.8 Å². The largest absolute Gasteiger partial charge is 0.496 e. The summed E-state index contributed by atoms with van der Waals surface area (Å²) >= 11 is 0. The Labute approximate surface area is 106 Å². The van der Waals surface area contributed by atoms with Crippen molar-refractivity contribution >= 4 is 21.7 Å². The lowest BCUT2D eigenvalue weighted by atomic mass is 9.97. The maximum absolute atomic E-state index is 5.61. The summed E-state index contributed by atoms with van der Waals surface area (Å²) in [5, 5.41) is 3.59. The highest BCUT2D eigenvalue weighted by Crippen LogP contribution is 2.37. The van der Waals surface area contributed by atoms with E-state index in [9.17, 15) is 0 Å². The zero-order chi connectivity index (χ0) is 12.9. The topological polar surface area (TPSA) is 22.4 Å². The second-order valence-corrected chi connectivity index (χ2v) is 4.88. The molecule has 0 aliphatic carbocycles.